The number of hydrogen-bond donors (Lipinski definition) is 1. The molecule has 0 radical (unpaired) electrons. The predicted octanol–water partition coefficient (Wildman–Crippen LogP) is 4.37. The van der Waals surface area contributed by atoms with Crippen molar-refractivity contribution in [2.75, 3.05) is 6.61 Å². The van der Waals surface area contributed by atoms with Crippen LogP contribution in [0.25, 0.3) is 0 Å². The highest BCUT2D eigenvalue weighted by atomic mass is 35.5. The summed E-state index contributed by atoms with van der Waals surface area (Å²) in [4.78, 5) is 56.7. The molecule has 3 atom stereocenters. The fraction of sp³-hybridized carbons (Fsp3) is 0.714. The Morgan fingerprint density at radius 3 is 2.49 bits per heavy atom. The van der Waals surface area contributed by atoms with E-state index in [1.807, 2.05) is 0 Å². The van der Waals surface area contributed by atoms with Crippen molar-refractivity contribution in [2.24, 2.45) is 5.92 Å². The van der Waals surface area contributed by atoms with Crippen LogP contribution in [-0.4, -0.2) is 55.2 Å². The average Bonchev–Trinajstić information content (AvgIpc) is 3.54. The zero-order valence-electron chi connectivity index (χ0n) is 23.3. The Hall–Kier alpha value is -2.24. The summed E-state index contributed by atoms with van der Waals surface area (Å²) in [5, 5.41) is 4.23. The Kier molecular flexibility index (Phi) is 9.25. The number of nitrogens with zero attached hydrogens (tertiary/aromatic N) is 3. The first-order valence-corrected chi connectivity index (χ1v) is 16.1. The van der Waals surface area contributed by atoms with E-state index in [0.717, 1.165) is 47.5 Å². The van der Waals surface area contributed by atoms with Crippen molar-refractivity contribution in [3.05, 3.63) is 42.6 Å². The molecule has 3 aliphatic rings. The van der Waals surface area contributed by atoms with Crippen molar-refractivity contribution in [1.82, 2.24) is 19.7 Å². The molecule has 224 valence electrons. The molecule has 2 aromatic heterocycles. The average molecular weight is 628 g/mol. The predicted molar refractivity (Wildman–Crippen MR) is 155 cm³/mol. The maximum atomic E-state index is 12.6. The van der Waals surface area contributed by atoms with Gasteiger partial charge in [0.2, 0.25) is 6.10 Å². The molecule has 10 nitrogen and oxygen atoms in total. The van der Waals surface area contributed by atoms with Crippen LogP contribution in [0.3, 0.4) is 0 Å². The van der Waals surface area contributed by atoms with Crippen LogP contribution in [-0.2, 0) is 30.9 Å². The van der Waals surface area contributed by atoms with E-state index in [1.165, 1.54) is 11.1 Å². The van der Waals surface area contributed by atoms with Gasteiger partial charge in [-0.25, -0.2) is 19.3 Å². The lowest BCUT2D eigenvalue weighted by Crippen LogP contribution is -2.48. The second-order valence-corrected chi connectivity index (χ2v) is 14.1. The summed E-state index contributed by atoms with van der Waals surface area (Å²) in [5.41, 5.74) is -0.541. The van der Waals surface area contributed by atoms with Crippen molar-refractivity contribution in [2.45, 2.75) is 112 Å². The normalized spacial score (nSPS) is 27.5. The first-order chi connectivity index (χ1) is 19.5. The van der Waals surface area contributed by atoms with Gasteiger partial charge in [-0.1, -0.05) is 33.1 Å². The summed E-state index contributed by atoms with van der Waals surface area (Å²) in [7, 11) is 0. The molecular formula is C28H36Cl2N4O6S. The third kappa shape index (κ3) is 6.57. The van der Waals surface area contributed by atoms with Gasteiger partial charge >= 0.3 is 17.6 Å². The molecule has 41 heavy (non-hydrogen) atoms. The van der Waals surface area contributed by atoms with Crippen molar-refractivity contribution < 1.29 is 19.1 Å². The van der Waals surface area contributed by atoms with E-state index in [1.54, 1.807) is 11.3 Å². The number of aryl methyl sites for hydroxylation is 1. The fourth-order valence-electron chi connectivity index (χ4n) is 6.54. The maximum Gasteiger partial charge on any atom is 0.347 e. The number of H-pyrrole nitrogens is 1. The van der Waals surface area contributed by atoms with Crippen LogP contribution in [0.5, 0.6) is 0 Å². The number of halogens is 2. The van der Waals surface area contributed by atoms with Crippen molar-refractivity contribution >= 4 is 46.5 Å². The van der Waals surface area contributed by atoms with Gasteiger partial charge in [0.1, 0.15) is 6.20 Å². The Bertz CT molecular complexity index is 1370. The third-order valence-electron chi connectivity index (χ3n) is 8.68. The van der Waals surface area contributed by atoms with Crippen LogP contribution in [0.1, 0.15) is 99.2 Å². The standard InChI is InChI=1S/C28H36Cl2N4O6S/c1-28(2,23-17(29)12-16(13-18(23)30)34-27(38)32-21(35)14-31-34)26-33-24(15-6-4-3-5-7-15)20(41-26)8-9-22(36)40-19-10-11-39-25(19)37/h14-19,23H,3-13H2,1-2H3,(H,32,35,38). The quantitative estimate of drug-likeness (QED) is 0.337. The number of carbonyl (C=O) groups is 2. The molecule has 3 unspecified atom stereocenters. The first kappa shape index (κ1) is 30.2. The van der Waals surface area contributed by atoms with Gasteiger partial charge in [0, 0.05) is 39.3 Å². The minimum Gasteiger partial charge on any atom is -0.463 e. The molecule has 2 aromatic rings. The summed E-state index contributed by atoms with van der Waals surface area (Å²) >= 11 is 15.6. The van der Waals surface area contributed by atoms with Crippen LogP contribution in [0.2, 0.25) is 0 Å². The zero-order valence-corrected chi connectivity index (χ0v) is 25.6. The molecule has 1 aliphatic heterocycles. The number of thiazole rings is 1. The number of ether oxygens (including phenoxy) is 2. The molecule has 1 N–H and O–H groups in total. The molecule has 0 aromatic carbocycles. The fourth-order valence-corrected chi connectivity index (χ4v) is 9.30. The van der Waals surface area contributed by atoms with E-state index < -0.39 is 34.7 Å². The number of alkyl halides is 2. The van der Waals surface area contributed by atoms with E-state index in [4.69, 9.17) is 37.7 Å². The highest BCUT2D eigenvalue weighted by Gasteiger charge is 2.48. The summed E-state index contributed by atoms with van der Waals surface area (Å²) in [6, 6.07) is -0.329. The monoisotopic (exact) mass is 626 g/mol. The van der Waals surface area contributed by atoms with Crippen LogP contribution >= 0.6 is 34.5 Å². The van der Waals surface area contributed by atoms with Gasteiger partial charge in [-0.3, -0.25) is 14.6 Å². The Labute approximate surface area is 252 Å². The number of nitrogens with one attached hydrogen (secondary N) is 1. The Morgan fingerprint density at radius 2 is 1.85 bits per heavy atom. The van der Waals surface area contributed by atoms with Crippen LogP contribution in [0, 0.1) is 5.92 Å². The molecule has 1 saturated heterocycles. The molecule has 13 heteroatoms. The number of cyclic esters (lactones) is 1. The molecule has 3 heterocycles. The number of carbonyl (C=O) groups excluding carboxylic acids is 2. The first-order valence-electron chi connectivity index (χ1n) is 14.4. The van der Waals surface area contributed by atoms with E-state index >= 15 is 0 Å². The van der Waals surface area contributed by atoms with Gasteiger partial charge in [0.25, 0.3) is 5.56 Å². The van der Waals surface area contributed by atoms with Crippen molar-refractivity contribution in [1.29, 1.82) is 0 Å². The molecule has 5 rings (SSSR count). The third-order valence-corrected chi connectivity index (χ3v) is 11.0. The van der Waals surface area contributed by atoms with E-state index in [2.05, 4.69) is 23.9 Å². The summed E-state index contributed by atoms with van der Waals surface area (Å²) in [6.45, 7) is 4.50. The Morgan fingerprint density at radius 1 is 1.15 bits per heavy atom. The highest BCUT2D eigenvalue weighted by molar-refractivity contribution is 7.12. The second-order valence-electron chi connectivity index (χ2n) is 11.9. The number of esters is 2. The SMILES string of the molecule is CC(C)(c1nc(C2CCCCC2)c(CCC(=O)OC2CCOC2=O)s1)C1C(Cl)CC(n2ncc(=O)[nH]c2=O)CC1Cl. The molecule has 2 saturated carbocycles. The van der Waals surface area contributed by atoms with E-state index in [-0.39, 0.29) is 35.7 Å². The summed E-state index contributed by atoms with van der Waals surface area (Å²) in [5.74, 6) is -0.695. The molecule has 2 aliphatic carbocycles. The van der Waals surface area contributed by atoms with Gasteiger partial charge in [-0.2, -0.15) is 5.10 Å². The molecule has 0 spiro atoms. The van der Waals surface area contributed by atoms with Gasteiger partial charge in [-0.05, 0) is 32.1 Å². The lowest BCUT2D eigenvalue weighted by molar-refractivity contribution is -0.160. The van der Waals surface area contributed by atoms with Crippen molar-refractivity contribution in [3.63, 3.8) is 0 Å². The molecule has 0 amide bonds. The number of hydrogen-bond acceptors (Lipinski definition) is 9. The molecular weight excluding hydrogens is 591 g/mol. The molecule has 0 bridgehead atoms. The minimum absolute atomic E-state index is 0.142. The summed E-state index contributed by atoms with van der Waals surface area (Å²) in [6.07, 6.45) is 7.93. The second kappa shape index (κ2) is 12.6. The maximum absolute atomic E-state index is 12.6. The van der Waals surface area contributed by atoms with Gasteiger partial charge in [-0.15, -0.1) is 34.5 Å². The number of aromatic amines is 1. The Balaban J connectivity index is 1.35. The minimum atomic E-state index is -0.810. The largest absolute Gasteiger partial charge is 0.463 e. The van der Waals surface area contributed by atoms with Gasteiger partial charge in [0.15, 0.2) is 0 Å². The smallest absolute Gasteiger partial charge is 0.347 e. The summed E-state index contributed by atoms with van der Waals surface area (Å²) < 4.78 is 11.5. The topological polar surface area (TPSA) is 133 Å². The van der Waals surface area contributed by atoms with Crippen molar-refractivity contribution in [3.8, 4) is 0 Å². The molecule has 3 fully saturated rings. The number of aromatic nitrogens is 4. The van der Waals surface area contributed by atoms with Crippen LogP contribution < -0.4 is 11.2 Å². The lowest BCUT2D eigenvalue weighted by Gasteiger charge is -2.44. The van der Waals surface area contributed by atoms with Gasteiger partial charge in [0.05, 0.1) is 29.8 Å². The van der Waals surface area contributed by atoms with Crippen LogP contribution in [0.15, 0.2) is 15.8 Å². The highest BCUT2D eigenvalue weighted by Crippen LogP contribution is 2.49. The number of rotatable bonds is 8. The zero-order chi connectivity index (χ0) is 29.3. The lowest BCUT2D eigenvalue weighted by atomic mass is 9.69. The van der Waals surface area contributed by atoms with Gasteiger partial charge < -0.3 is 9.47 Å². The van der Waals surface area contributed by atoms with Crippen LogP contribution in [0.4, 0.5) is 0 Å². The van der Waals surface area contributed by atoms with E-state index in [0.29, 0.717) is 31.6 Å². The van der Waals surface area contributed by atoms with E-state index in [9.17, 15) is 19.2 Å².